The zero-order chi connectivity index (χ0) is 19.6. The number of carboxylic acids is 1. The summed E-state index contributed by atoms with van der Waals surface area (Å²) in [4.78, 5) is 35.5. The Bertz CT molecular complexity index is 924. The number of carbonyl (C=O) groups excluding carboxylic acids is 1. The summed E-state index contributed by atoms with van der Waals surface area (Å²) in [6.07, 6.45) is 2.75. The SMILES string of the molecule is Cc1c(CC(=O)NCC2CCC(C(=O)O)CC2)c(=O)oc2cc(O)ccc12. The summed E-state index contributed by atoms with van der Waals surface area (Å²) in [5, 5.41) is 22.1. The van der Waals surface area contributed by atoms with Gasteiger partial charge in [-0.25, -0.2) is 4.79 Å². The van der Waals surface area contributed by atoms with Crippen molar-refractivity contribution in [1.82, 2.24) is 5.32 Å². The van der Waals surface area contributed by atoms with Crippen LogP contribution in [0, 0.1) is 18.8 Å². The second-order valence-electron chi connectivity index (χ2n) is 7.21. The Morgan fingerprint density at radius 3 is 2.59 bits per heavy atom. The largest absolute Gasteiger partial charge is 0.508 e. The van der Waals surface area contributed by atoms with Gasteiger partial charge in [0.25, 0.3) is 0 Å². The van der Waals surface area contributed by atoms with Gasteiger partial charge in [0, 0.05) is 18.0 Å². The third-order valence-corrected chi connectivity index (χ3v) is 5.39. The molecule has 1 amide bonds. The number of carbonyl (C=O) groups is 2. The van der Waals surface area contributed by atoms with Gasteiger partial charge >= 0.3 is 11.6 Å². The molecule has 1 saturated carbocycles. The van der Waals surface area contributed by atoms with E-state index in [1.807, 2.05) is 0 Å². The molecule has 1 fully saturated rings. The molecule has 7 nitrogen and oxygen atoms in total. The van der Waals surface area contributed by atoms with Gasteiger partial charge in [-0.1, -0.05) is 0 Å². The maximum Gasteiger partial charge on any atom is 0.340 e. The number of aromatic hydroxyl groups is 1. The highest BCUT2D eigenvalue weighted by molar-refractivity contribution is 5.85. The molecule has 0 radical (unpaired) electrons. The molecule has 0 spiro atoms. The Morgan fingerprint density at radius 2 is 1.93 bits per heavy atom. The van der Waals surface area contributed by atoms with E-state index < -0.39 is 11.6 Å². The van der Waals surface area contributed by atoms with Gasteiger partial charge in [0.1, 0.15) is 11.3 Å². The Morgan fingerprint density at radius 1 is 1.22 bits per heavy atom. The first-order valence-electron chi connectivity index (χ1n) is 9.10. The number of phenols is 1. The van der Waals surface area contributed by atoms with Gasteiger partial charge in [-0.2, -0.15) is 0 Å². The first-order chi connectivity index (χ1) is 12.8. The topological polar surface area (TPSA) is 117 Å². The van der Waals surface area contributed by atoms with E-state index in [1.165, 1.54) is 12.1 Å². The quantitative estimate of drug-likeness (QED) is 0.693. The molecule has 0 unspecified atom stereocenters. The number of nitrogens with one attached hydrogen (secondary N) is 1. The average molecular weight is 373 g/mol. The molecule has 2 aromatic rings. The summed E-state index contributed by atoms with van der Waals surface area (Å²) in [6, 6.07) is 4.54. The molecule has 1 heterocycles. The minimum Gasteiger partial charge on any atom is -0.508 e. The molecule has 1 aromatic heterocycles. The third-order valence-electron chi connectivity index (χ3n) is 5.39. The lowest BCUT2D eigenvalue weighted by molar-refractivity contribution is -0.143. The molecule has 1 aliphatic carbocycles. The third kappa shape index (κ3) is 4.30. The number of fused-ring (bicyclic) bond motifs is 1. The Labute approximate surface area is 156 Å². The van der Waals surface area contributed by atoms with Crippen LogP contribution in [-0.4, -0.2) is 28.6 Å². The summed E-state index contributed by atoms with van der Waals surface area (Å²) < 4.78 is 5.23. The van der Waals surface area contributed by atoms with Gasteiger partial charge in [0.2, 0.25) is 5.91 Å². The summed E-state index contributed by atoms with van der Waals surface area (Å²) in [6.45, 7) is 2.24. The minimum atomic E-state index is -0.746. The van der Waals surface area contributed by atoms with Crippen LogP contribution in [0.1, 0.15) is 36.8 Å². The predicted octanol–water partition coefficient (Wildman–Crippen LogP) is 2.36. The van der Waals surface area contributed by atoms with Gasteiger partial charge in [-0.05, 0) is 56.2 Å². The molecule has 3 N–H and O–H groups in total. The van der Waals surface area contributed by atoms with Crippen molar-refractivity contribution in [2.45, 2.75) is 39.0 Å². The van der Waals surface area contributed by atoms with Crippen molar-refractivity contribution < 1.29 is 24.2 Å². The number of hydrogen-bond donors (Lipinski definition) is 3. The summed E-state index contributed by atoms with van der Waals surface area (Å²) >= 11 is 0. The maximum absolute atomic E-state index is 12.3. The fourth-order valence-electron chi connectivity index (χ4n) is 3.68. The van der Waals surface area contributed by atoms with Crippen molar-refractivity contribution in [2.24, 2.45) is 11.8 Å². The van der Waals surface area contributed by atoms with Gasteiger partial charge in [0.15, 0.2) is 0 Å². The van der Waals surface area contributed by atoms with Crippen LogP contribution in [0.25, 0.3) is 11.0 Å². The van der Waals surface area contributed by atoms with Crippen molar-refractivity contribution in [3.8, 4) is 5.75 Å². The van der Waals surface area contributed by atoms with Crippen molar-refractivity contribution in [1.29, 1.82) is 0 Å². The number of aliphatic carboxylic acids is 1. The van der Waals surface area contributed by atoms with Crippen LogP contribution in [0.15, 0.2) is 27.4 Å². The number of phenolic OH excluding ortho intramolecular Hbond substituents is 1. The molecule has 0 atom stereocenters. The number of aryl methyl sites for hydroxylation is 1. The monoisotopic (exact) mass is 373 g/mol. The smallest absolute Gasteiger partial charge is 0.340 e. The van der Waals surface area contributed by atoms with Crippen molar-refractivity contribution in [2.75, 3.05) is 6.54 Å². The van der Waals surface area contributed by atoms with E-state index in [4.69, 9.17) is 9.52 Å². The van der Waals surface area contributed by atoms with E-state index in [1.54, 1.807) is 13.0 Å². The second kappa shape index (κ2) is 7.82. The molecule has 1 aliphatic rings. The molecule has 27 heavy (non-hydrogen) atoms. The summed E-state index contributed by atoms with van der Waals surface area (Å²) in [7, 11) is 0. The Balaban J connectivity index is 1.62. The highest BCUT2D eigenvalue weighted by Crippen LogP contribution is 2.28. The zero-order valence-corrected chi connectivity index (χ0v) is 15.2. The van der Waals surface area contributed by atoms with Crippen molar-refractivity contribution in [3.05, 3.63) is 39.7 Å². The van der Waals surface area contributed by atoms with Crippen molar-refractivity contribution in [3.63, 3.8) is 0 Å². The zero-order valence-electron chi connectivity index (χ0n) is 15.2. The molecule has 0 aliphatic heterocycles. The van der Waals surface area contributed by atoms with Crippen LogP contribution in [0.3, 0.4) is 0 Å². The molecular weight excluding hydrogens is 350 g/mol. The number of benzene rings is 1. The summed E-state index contributed by atoms with van der Waals surface area (Å²) in [5.41, 5.74) is 0.679. The number of rotatable bonds is 5. The fraction of sp³-hybridized carbons (Fsp3) is 0.450. The van der Waals surface area contributed by atoms with E-state index in [0.29, 0.717) is 35.9 Å². The molecule has 3 rings (SSSR count). The van der Waals surface area contributed by atoms with Crippen LogP contribution in [0.4, 0.5) is 0 Å². The Hall–Kier alpha value is -2.83. The van der Waals surface area contributed by atoms with Gasteiger partial charge in [0.05, 0.1) is 17.9 Å². The fourth-order valence-corrected chi connectivity index (χ4v) is 3.68. The molecule has 0 saturated heterocycles. The normalized spacial score (nSPS) is 19.7. The van der Waals surface area contributed by atoms with Crippen molar-refractivity contribution >= 4 is 22.8 Å². The Kier molecular flexibility index (Phi) is 5.48. The van der Waals surface area contributed by atoms with E-state index >= 15 is 0 Å². The lowest BCUT2D eigenvalue weighted by atomic mass is 9.82. The molecule has 144 valence electrons. The van der Waals surface area contributed by atoms with E-state index in [-0.39, 0.29) is 35.5 Å². The van der Waals surface area contributed by atoms with E-state index in [9.17, 15) is 19.5 Å². The van der Waals surface area contributed by atoms with Gasteiger partial charge in [-0.3, -0.25) is 9.59 Å². The number of amides is 1. The summed E-state index contributed by atoms with van der Waals surface area (Å²) in [5.74, 6) is -1.01. The number of hydrogen-bond acceptors (Lipinski definition) is 5. The first kappa shape index (κ1) is 18.9. The highest BCUT2D eigenvalue weighted by atomic mass is 16.4. The molecule has 0 bridgehead atoms. The lowest BCUT2D eigenvalue weighted by Gasteiger charge is -2.26. The highest BCUT2D eigenvalue weighted by Gasteiger charge is 2.26. The van der Waals surface area contributed by atoms with Crippen LogP contribution >= 0.6 is 0 Å². The maximum atomic E-state index is 12.3. The second-order valence-corrected chi connectivity index (χ2v) is 7.21. The molecular formula is C20H23NO6. The first-order valence-corrected chi connectivity index (χ1v) is 9.10. The van der Waals surface area contributed by atoms with E-state index in [0.717, 1.165) is 12.8 Å². The lowest BCUT2D eigenvalue weighted by Crippen LogP contribution is -2.34. The van der Waals surface area contributed by atoms with Gasteiger partial charge in [-0.15, -0.1) is 0 Å². The van der Waals surface area contributed by atoms with E-state index in [2.05, 4.69) is 5.32 Å². The van der Waals surface area contributed by atoms with Crippen LogP contribution in [0.5, 0.6) is 5.75 Å². The van der Waals surface area contributed by atoms with Gasteiger partial charge < -0.3 is 19.9 Å². The van der Waals surface area contributed by atoms with Crippen LogP contribution in [0.2, 0.25) is 0 Å². The minimum absolute atomic E-state index is 0.00756. The van der Waals surface area contributed by atoms with Crippen LogP contribution < -0.4 is 10.9 Å². The predicted molar refractivity (Wildman–Crippen MR) is 98.7 cm³/mol. The molecule has 7 heteroatoms. The van der Waals surface area contributed by atoms with Crippen LogP contribution in [-0.2, 0) is 16.0 Å². The number of carboxylic acid groups (broad SMARTS) is 1. The standard InChI is InChI=1S/C20H23NO6/c1-11-15-7-6-14(22)8-17(15)27-20(26)16(11)9-18(23)21-10-12-2-4-13(5-3-12)19(24)25/h6-8,12-13,22H,2-5,9-10H2,1H3,(H,21,23)(H,24,25). The average Bonchev–Trinajstić information content (AvgIpc) is 2.63. The molecule has 1 aromatic carbocycles.